The lowest BCUT2D eigenvalue weighted by atomic mass is 9.85. The molecule has 1 aliphatic carbocycles. The normalized spacial score (nSPS) is 19.7. The molecule has 0 bridgehead atoms. The fourth-order valence-electron chi connectivity index (χ4n) is 3.68. The van der Waals surface area contributed by atoms with Crippen molar-refractivity contribution in [3.8, 4) is 23.1 Å². The molecule has 2 unspecified atom stereocenters. The van der Waals surface area contributed by atoms with Gasteiger partial charge in [-0.1, -0.05) is 48.6 Å². The van der Waals surface area contributed by atoms with Crippen LogP contribution in [0.3, 0.4) is 0 Å². The second-order valence-electron chi connectivity index (χ2n) is 6.59. The van der Waals surface area contributed by atoms with E-state index in [-0.39, 0.29) is 17.7 Å². The van der Waals surface area contributed by atoms with E-state index in [2.05, 4.69) is 52.5 Å². The van der Waals surface area contributed by atoms with Crippen molar-refractivity contribution in [2.24, 2.45) is 0 Å². The van der Waals surface area contributed by atoms with Crippen LogP contribution in [0.2, 0.25) is 0 Å². The molecule has 0 spiro atoms. The number of fused-ring (bicyclic) bond motifs is 3. The van der Waals surface area contributed by atoms with Crippen molar-refractivity contribution in [3.05, 3.63) is 78.1 Å². The molecule has 0 saturated carbocycles. The number of aromatic hydroxyl groups is 1. The highest BCUT2D eigenvalue weighted by molar-refractivity contribution is 8.00. The maximum atomic E-state index is 10.2. The molecule has 1 aliphatic heterocycles. The first-order valence-electron chi connectivity index (χ1n) is 8.97. The zero-order valence-corrected chi connectivity index (χ0v) is 15.9. The van der Waals surface area contributed by atoms with E-state index in [4.69, 9.17) is 9.72 Å². The molecule has 2 heterocycles. The highest BCUT2D eigenvalue weighted by Gasteiger charge is 2.37. The van der Waals surface area contributed by atoms with E-state index >= 15 is 0 Å². The van der Waals surface area contributed by atoms with Gasteiger partial charge in [0.15, 0.2) is 11.6 Å². The van der Waals surface area contributed by atoms with Crippen LogP contribution in [0.25, 0.3) is 17.0 Å². The summed E-state index contributed by atoms with van der Waals surface area (Å²) in [5.74, 6) is 1.27. The van der Waals surface area contributed by atoms with Crippen LogP contribution in [0.1, 0.15) is 17.3 Å². The summed E-state index contributed by atoms with van der Waals surface area (Å²) < 4.78 is 5.33. The van der Waals surface area contributed by atoms with Crippen LogP contribution in [0, 0.1) is 0 Å². The van der Waals surface area contributed by atoms with E-state index in [1.165, 1.54) is 17.6 Å². The Kier molecular flexibility index (Phi) is 4.13. The number of benzene rings is 2. The Bertz CT molecular complexity index is 1130. The van der Waals surface area contributed by atoms with E-state index < -0.39 is 0 Å². The van der Waals surface area contributed by atoms with Gasteiger partial charge in [-0.15, -0.1) is 11.8 Å². The molecule has 1 N–H and O–H groups in total. The largest absolute Gasteiger partial charge is 0.507 e. The minimum absolute atomic E-state index is 0.124. The molecule has 6 heteroatoms. The fourth-order valence-corrected chi connectivity index (χ4v) is 5.06. The predicted octanol–water partition coefficient (Wildman–Crippen LogP) is 4.46. The molecule has 2 atom stereocenters. The van der Waals surface area contributed by atoms with Gasteiger partial charge < -0.3 is 9.84 Å². The SMILES string of the molecule is COc1nc(C2=CC=CC3Sc4ccccc4C23)nc(-c2ccccc2O)n1. The Hall–Kier alpha value is -3.12. The number of ether oxygens (including phenoxy) is 1. The fraction of sp³-hybridized carbons (Fsp3) is 0.136. The Morgan fingerprint density at radius 2 is 1.75 bits per heavy atom. The maximum Gasteiger partial charge on any atom is 0.320 e. The van der Waals surface area contributed by atoms with Crippen molar-refractivity contribution in [1.82, 2.24) is 15.0 Å². The molecule has 28 heavy (non-hydrogen) atoms. The van der Waals surface area contributed by atoms with Gasteiger partial charge in [-0.3, -0.25) is 0 Å². The first-order chi connectivity index (χ1) is 13.7. The molecule has 0 radical (unpaired) electrons. The van der Waals surface area contributed by atoms with Crippen LogP contribution in [0.15, 0.2) is 71.7 Å². The van der Waals surface area contributed by atoms with E-state index in [0.717, 1.165) is 5.57 Å². The Balaban J connectivity index is 1.65. The van der Waals surface area contributed by atoms with Gasteiger partial charge in [0.1, 0.15) is 5.75 Å². The van der Waals surface area contributed by atoms with Crippen LogP contribution < -0.4 is 4.74 Å². The van der Waals surface area contributed by atoms with E-state index in [1.807, 2.05) is 17.8 Å². The van der Waals surface area contributed by atoms with E-state index in [1.54, 1.807) is 18.2 Å². The zero-order chi connectivity index (χ0) is 19.1. The molecule has 2 aliphatic rings. The summed E-state index contributed by atoms with van der Waals surface area (Å²) in [6.07, 6.45) is 6.35. The van der Waals surface area contributed by atoms with Crippen LogP contribution >= 0.6 is 11.8 Å². The third kappa shape index (κ3) is 2.77. The zero-order valence-electron chi connectivity index (χ0n) is 15.1. The minimum Gasteiger partial charge on any atom is -0.507 e. The Morgan fingerprint density at radius 3 is 2.61 bits per heavy atom. The van der Waals surface area contributed by atoms with Gasteiger partial charge in [-0.2, -0.15) is 9.97 Å². The van der Waals surface area contributed by atoms with Crippen molar-refractivity contribution in [2.75, 3.05) is 7.11 Å². The summed E-state index contributed by atoms with van der Waals surface area (Å²) >= 11 is 1.86. The van der Waals surface area contributed by atoms with Gasteiger partial charge in [-0.25, -0.2) is 4.98 Å². The number of methoxy groups -OCH3 is 1. The smallest absolute Gasteiger partial charge is 0.320 e. The molecule has 0 fully saturated rings. The molecule has 138 valence electrons. The molecule has 5 rings (SSSR count). The molecule has 3 aromatic rings. The lowest BCUT2D eigenvalue weighted by Crippen LogP contribution is -2.15. The summed E-state index contributed by atoms with van der Waals surface area (Å²) in [5, 5.41) is 10.6. The third-order valence-corrected chi connectivity index (χ3v) is 6.29. The van der Waals surface area contributed by atoms with Crippen molar-refractivity contribution >= 4 is 17.3 Å². The van der Waals surface area contributed by atoms with Crippen LogP contribution in [0.5, 0.6) is 11.8 Å². The third-order valence-electron chi connectivity index (χ3n) is 4.96. The lowest BCUT2D eigenvalue weighted by molar-refractivity contribution is 0.378. The number of para-hydroxylation sites is 1. The monoisotopic (exact) mass is 387 g/mol. The number of phenolic OH excluding ortho intramolecular Hbond substituents is 1. The van der Waals surface area contributed by atoms with Gasteiger partial charge in [0, 0.05) is 21.6 Å². The summed E-state index contributed by atoms with van der Waals surface area (Å²) in [6, 6.07) is 15.7. The number of allylic oxidation sites excluding steroid dienone is 3. The Morgan fingerprint density at radius 1 is 0.964 bits per heavy atom. The van der Waals surface area contributed by atoms with Crippen LogP contribution in [-0.4, -0.2) is 32.4 Å². The van der Waals surface area contributed by atoms with Gasteiger partial charge in [-0.05, 0) is 23.8 Å². The summed E-state index contributed by atoms with van der Waals surface area (Å²) in [6.45, 7) is 0. The average Bonchev–Trinajstić information content (AvgIpc) is 3.12. The van der Waals surface area contributed by atoms with Gasteiger partial charge in [0.25, 0.3) is 0 Å². The molecule has 1 aromatic heterocycles. The van der Waals surface area contributed by atoms with Gasteiger partial charge >= 0.3 is 6.01 Å². The quantitative estimate of drug-likeness (QED) is 0.715. The van der Waals surface area contributed by atoms with Crippen molar-refractivity contribution in [1.29, 1.82) is 0 Å². The number of thioether (sulfide) groups is 1. The summed E-state index contributed by atoms with van der Waals surface area (Å²) in [4.78, 5) is 14.9. The topological polar surface area (TPSA) is 68.1 Å². The number of hydrogen-bond acceptors (Lipinski definition) is 6. The van der Waals surface area contributed by atoms with Crippen molar-refractivity contribution < 1.29 is 9.84 Å². The highest BCUT2D eigenvalue weighted by atomic mass is 32.2. The molecule has 0 amide bonds. The Labute approximate surface area is 166 Å². The van der Waals surface area contributed by atoms with Crippen molar-refractivity contribution in [3.63, 3.8) is 0 Å². The molecule has 2 aromatic carbocycles. The lowest BCUT2D eigenvalue weighted by Gasteiger charge is -2.22. The first-order valence-corrected chi connectivity index (χ1v) is 9.85. The van der Waals surface area contributed by atoms with E-state index in [9.17, 15) is 5.11 Å². The number of nitrogens with zero attached hydrogens (tertiary/aromatic N) is 3. The number of aromatic nitrogens is 3. The standard InChI is InChI=1S/C22H17N3O2S/c1-27-22-24-20(13-7-2-4-10-16(13)26)23-21(25-22)15-9-6-12-18-19(15)14-8-3-5-11-17(14)28-18/h2-12,18-19,26H,1H3. The van der Waals surface area contributed by atoms with Crippen molar-refractivity contribution in [2.45, 2.75) is 16.1 Å². The second-order valence-corrected chi connectivity index (χ2v) is 7.81. The number of phenols is 1. The second kappa shape index (κ2) is 6.80. The van der Waals surface area contributed by atoms with Crippen LogP contribution in [0.4, 0.5) is 0 Å². The predicted molar refractivity (Wildman–Crippen MR) is 109 cm³/mol. The molecular weight excluding hydrogens is 370 g/mol. The van der Waals surface area contributed by atoms with Gasteiger partial charge in [0.2, 0.25) is 0 Å². The van der Waals surface area contributed by atoms with Crippen LogP contribution in [-0.2, 0) is 0 Å². The molecular formula is C22H17N3O2S. The highest BCUT2D eigenvalue weighted by Crippen LogP contribution is 2.52. The minimum atomic E-state index is 0.124. The summed E-state index contributed by atoms with van der Waals surface area (Å²) in [7, 11) is 1.53. The average molecular weight is 387 g/mol. The van der Waals surface area contributed by atoms with E-state index in [0.29, 0.717) is 22.5 Å². The maximum absolute atomic E-state index is 10.2. The van der Waals surface area contributed by atoms with Gasteiger partial charge in [0.05, 0.1) is 12.7 Å². The summed E-state index contributed by atoms with van der Waals surface area (Å²) in [5.41, 5.74) is 2.87. The number of hydrogen-bond donors (Lipinski definition) is 1. The molecule has 0 saturated heterocycles. The number of rotatable bonds is 3. The molecule has 5 nitrogen and oxygen atoms in total. The first kappa shape index (κ1) is 17.0.